The van der Waals surface area contributed by atoms with Crippen molar-refractivity contribution >= 4 is 11.4 Å². The summed E-state index contributed by atoms with van der Waals surface area (Å²) in [7, 11) is 0. The lowest BCUT2D eigenvalue weighted by molar-refractivity contribution is -0.137. The molecule has 2 heterocycles. The summed E-state index contributed by atoms with van der Waals surface area (Å²) in [6.45, 7) is 0.561. The van der Waals surface area contributed by atoms with E-state index in [1.165, 1.54) is 47.5 Å². The lowest BCUT2D eigenvalue weighted by atomic mass is 10.1. The normalized spacial score (nSPS) is 12.8. The van der Waals surface area contributed by atoms with Crippen LogP contribution in [0.4, 0.5) is 27.6 Å². The van der Waals surface area contributed by atoms with Crippen LogP contribution in [0.25, 0.3) is 16.8 Å². The van der Waals surface area contributed by atoms with Gasteiger partial charge in [-0.3, -0.25) is 4.79 Å². The summed E-state index contributed by atoms with van der Waals surface area (Å²) in [6, 6.07) is 10.8. The van der Waals surface area contributed by atoms with Crippen LogP contribution in [0.1, 0.15) is 30.3 Å². The van der Waals surface area contributed by atoms with E-state index >= 15 is 0 Å². The maximum absolute atomic E-state index is 13.2. The minimum absolute atomic E-state index is 0.0163. The van der Waals surface area contributed by atoms with E-state index in [9.17, 15) is 26.7 Å². The Hall–Kier alpha value is -4.61. The number of aliphatic imine (C=N–C) groups is 1. The molecule has 0 aliphatic rings. The highest BCUT2D eigenvalue weighted by Gasteiger charge is 2.30. The number of nitrogens with two attached hydrogens (primary N) is 1. The summed E-state index contributed by atoms with van der Waals surface area (Å²) < 4.78 is 67.2. The monoisotopic (exact) mass is 528 g/mol. The zero-order valence-electron chi connectivity index (χ0n) is 20.1. The molecular weight excluding hydrogens is 507 g/mol. The predicted octanol–water partition coefficient (Wildman–Crippen LogP) is 5.80. The van der Waals surface area contributed by atoms with Crippen LogP contribution in [0.3, 0.4) is 0 Å². The van der Waals surface area contributed by atoms with Gasteiger partial charge < -0.3 is 5.73 Å². The van der Waals surface area contributed by atoms with Gasteiger partial charge in [0.1, 0.15) is 0 Å². The number of benzene rings is 2. The number of halogens is 5. The van der Waals surface area contributed by atoms with E-state index in [1.54, 1.807) is 32.0 Å². The molecule has 12 heteroatoms. The molecule has 0 atom stereocenters. The standard InChI is InChI=1S/C26H21F5N6O/c1-15-10-17(18-13-33-37(14-18)25(27)28)6-7-22(15)36-9-8-23(38)24(35-36)21(11-16(2)32)34-20-5-3-4-19(12-20)26(29,30)31/h3-14,25H,32H2,1-2H3. The molecule has 0 aliphatic carbocycles. The maximum atomic E-state index is 13.2. The van der Waals surface area contributed by atoms with Crippen LogP contribution in [-0.2, 0) is 6.18 Å². The zero-order chi connectivity index (χ0) is 27.6. The summed E-state index contributed by atoms with van der Waals surface area (Å²) in [5.74, 6) is 0. The Kier molecular flexibility index (Phi) is 7.24. The third-order valence-electron chi connectivity index (χ3n) is 5.42. The molecule has 4 rings (SSSR count). The second-order valence-electron chi connectivity index (χ2n) is 8.39. The van der Waals surface area contributed by atoms with Crippen molar-refractivity contribution in [2.24, 2.45) is 10.7 Å². The average Bonchev–Trinajstić information content (AvgIpc) is 3.34. The van der Waals surface area contributed by atoms with Crippen LogP contribution in [0.5, 0.6) is 0 Å². The van der Waals surface area contributed by atoms with Crippen LogP contribution in [-0.4, -0.2) is 25.3 Å². The van der Waals surface area contributed by atoms with E-state index in [4.69, 9.17) is 5.73 Å². The minimum Gasteiger partial charge on any atom is -0.402 e. The van der Waals surface area contributed by atoms with Gasteiger partial charge in [0.2, 0.25) is 5.43 Å². The highest BCUT2D eigenvalue weighted by Crippen LogP contribution is 2.31. The number of aryl methyl sites for hydroxylation is 1. The van der Waals surface area contributed by atoms with Gasteiger partial charge in [-0.25, -0.2) is 14.4 Å². The summed E-state index contributed by atoms with van der Waals surface area (Å²) in [5.41, 5.74) is 6.90. The highest BCUT2D eigenvalue weighted by atomic mass is 19.4. The van der Waals surface area contributed by atoms with E-state index in [2.05, 4.69) is 15.2 Å². The highest BCUT2D eigenvalue weighted by molar-refractivity contribution is 6.08. The Morgan fingerprint density at radius 3 is 2.50 bits per heavy atom. The lowest BCUT2D eigenvalue weighted by Crippen LogP contribution is -2.21. The van der Waals surface area contributed by atoms with Gasteiger partial charge in [0.05, 0.1) is 28.8 Å². The Labute approximate surface area is 213 Å². The molecule has 0 unspecified atom stereocenters. The Bertz CT molecular complexity index is 1600. The molecule has 0 aliphatic heterocycles. The van der Waals surface area contributed by atoms with Gasteiger partial charge in [0.15, 0.2) is 5.69 Å². The molecule has 0 spiro atoms. The van der Waals surface area contributed by atoms with Crippen LogP contribution in [0, 0.1) is 6.92 Å². The largest absolute Gasteiger partial charge is 0.416 e. The second-order valence-corrected chi connectivity index (χ2v) is 8.39. The van der Waals surface area contributed by atoms with Crippen LogP contribution in [0.15, 0.2) is 88.7 Å². The van der Waals surface area contributed by atoms with Gasteiger partial charge in [0, 0.05) is 29.7 Å². The molecule has 7 nitrogen and oxygen atoms in total. The van der Waals surface area contributed by atoms with Gasteiger partial charge in [-0.05, 0) is 61.4 Å². The van der Waals surface area contributed by atoms with Crippen LogP contribution < -0.4 is 11.2 Å². The van der Waals surface area contributed by atoms with Crippen molar-refractivity contribution in [2.75, 3.05) is 0 Å². The van der Waals surface area contributed by atoms with Crippen molar-refractivity contribution in [3.63, 3.8) is 0 Å². The van der Waals surface area contributed by atoms with Crippen molar-refractivity contribution in [2.45, 2.75) is 26.6 Å². The molecular formula is C26H21F5N6O. The topological polar surface area (TPSA) is 91.1 Å². The lowest BCUT2D eigenvalue weighted by Gasteiger charge is -2.12. The fourth-order valence-electron chi connectivity index (χ4n) is 3.67. The SMILES string of the molecule is CC(N)=CC(=Nc1cccc(C(F)(F)F)c1)c1nn(-c2ccc(-c3cnn(C(F)F)c3)cc2C)ccc1=O. The van der Waals surface area contributed by atoms with Crippen molar-refractivity contribution in [3.05, 3.63) is 106 Å². The van der Waals surface area contributed by atoms with E-state index in [1.807, 2.05) is 0 Å². The first kappa shape index (κ1) is 26.5. The maximum Gasteiger partial charge on any atom is 0.416 e. The molecule has 4 aromatic rings. The van der Waals surface area contributed by atoms with Crippen molar-refractivity contribution in [3.8, 4) is 16.8 Å². The molecule has 0 amide bonds. The molecule has 0 radical (unpaired) electrons. The molecule has 38 heavy (non-hydrogen) atoms. The third kappa shape index (κ3) is 5.85. The summed E-state index contributed by atoms with van der Waals surface area (Å²) in [6.07, 6.45) is 0.778. The van der Waals surface area contributed by atoms with Gasteiger partial charge in [-0.2, -0.15) is 32.1 Å². The van der Waals surface area contributed by atoms with E-state index in [0.29, 0.717) is 27.1 Å². The molecule has 0 saturated carbocycles. The zero-order valence-corrected chi connectivity index (χ0v) is 20.1. The number of hydrogen-bond acceptors (Lipinski definition) is 5. The molecule has 2 aromatic carbocycles. The van der Waals surface area contributed by atoms with Crippen LogP contribution >= 0.6 is 0 Å². The average molecular weight is 528 g/mol. The Balaban J connectivity index is 1.77. The third-order valence-corrected chi connectivity index (χ3v) is 5.42. The smallest absolute Gasteiger partial charge is 0.402 e. The van der Waals surface area contributed by atoms with Crippen molar-refractivity contribution < 1.29 is 22.0 Å². The molecule has 0 saturated heterocycles. The molecule has 0 fully saturated rings. The van der Waals surface area contributed by atoms with Crippen molar-refractivity contribution in [1.82, 2.24) is 19.6 Å². The second kappa shape index (κ2) is 10.4. The number of aromatic nitrogens is 4. The first-order valence-electron chi connectivity index (χ1n) is 11.2. The number of hydrogen-bond donors (Lipinski definition) is 1. The van der Waals surface area contributed by atoms with Crippen molar-refractivity contribution in [1.29, 1.82) is 0 Å². The van der Waals surface area contributed by atoms with Gasteiger partial charge in [-0.1, -0.05) is 12.1 Å². The van der Waals surface area contributed by atoms with Crippen LogP contribution in [0.2, 0.25) is 0 Å². The number of allylic oxidation sites excluding steroid dienone is 2. The molecule has 2 aromatic heterocycles. The number of rotatable bonds is 6. The Morgan fingerprint density at radius 2 is 1.87 bits per heavy atom. The van der Waals surface area contributed by atoms with Gasteiger partial charge >= 0.3 is 12.7 Å². The molecule has 2 N–H and O–H groups in total. The van der Waals surface area contributed by atoms with E-state index in [-0.39, 0.29) is 22.8 Å². The predicted molar refractivity (Wildman–Crippen MR) is 133 cm³/mol. The van der Waals surface area contributed by atoms with Gasteiger partial charge in [-0.15, -0.1) is 0 Å². The molecule has 196 valence electrons. The van der Waals surface area contributed by atoms with E-state index in [0.717, 1.165) is 12.1 Å². The van der Waals surface area contributed by atoms with Gasteiger partial charge in [0.25, 0.3) is 0 Å². The Morgan fingerprint density at radius 1 is 1.11 bits per heavy atom. The minimum atomic E-state index is -4.56. The fraction of sp³-hybridized carbons (Fsp3) is 0.154. The molecule has 0 bridgehead atoms. The van der Waals surface area contributed by atoms with E-state index < -0.39 is 23.7 Å². The first-order valence-corrected chi connectivity index (χ1v) is 11.2. The summed E-state index contributed by atoms with van der Waals surface area (Å²) in [5, 5.41) is 8.03. The summed E-state index contributed by atoms with van der Waals surface area (Å²) in [4.78, 5) is 17.0. The quantitative estimate of drug-likeness (QED) is 0.253. The summed E-state index contributed by atoms with van der Waals surface area (Å²) >= 11 is 0. The fourth-order valence-corrected chi connectivity index (χ4v) is 3.67. The number of nitrogens with zero attached hydrogens (tertiary/aromatic N) is 5. The number of alkyl halides is 5. The first-order chi connectivity index (χ1) is 17.9.